The van der Waals surface area contributed by atoms with Gasteiger partial charge in [0.15, 0.2) is 0 Å². The van der Waals surface area contributed by atoms with E-state index in [1.807, 2.05) is 6.92 Å². The molecule has 1 aromatic carbocycles. The fourth-order valence-electron chi connectivity index (χ4n) is 3.13. The zero-order valence-electron chi connectivity index (χ0n) is 14.9. The summed E-state index contributed by atoms with van der Waals surface area (Å²) < 4.78 is 26.1. The van der Waals surface area contributed by atoms with Gasteiger partial charge in [-0.1, -0.05) is 43.7 Å². The van der Waals surface area contributed by atoms with Crippen LogP contribution in [0.2, 0.25) is 0 Å². The van der Waals surface area contributed by atoms with Crippen molar-refractivity contribution in [3.63, 3.8) is 0 Å². The van der Waals surface area contributed by atoms with E-state index in [0.29, 0.717) is 31.4 Å². The van der Waals surface area contributed by atoms with Gasteiger partial charge in [0.25, 0.3) is 0 Å². The van der Waals surface area contributed by atoms with Gasteiger partial charge in [-0.05, 0) is 24.8 Å². The lowest BCUT2D eigenvalue weighted by atomic mass is 9.99. The molecule has 1 saturated heterocycles. The normalized spacial score (nSPS) is 19.2. The molecule has 1 amide bonds. The van der Waals surface area contributed by atoms with E-state index in [2.05, 4.69) is 5.32 Å². The molecule has 1 heterocycles. The number of aliphatic carboxylic acids is 1. The van der Waals surface area contributed by atoms with Crippen LogP contribution < -0.4 is 5.32 Å². The molecule has 0 aromatic heterocycles. The zero-order chi connectivity index (χ0) is 19.2. The van der Waals surface area contributed by atoms with Crippen molar-refractivity contribution in [1.29, 1.82) is 0 Å². The molecular weight excluding hydrogens is 356 g/mol. The molecule has 0 aliphatic carbocycles. The van der Waals surface area contributed by atoms with E-state index in [1.54, 1.807) is 30.3 Å². The number of carbonyl (C=O) groups is 2. The summed E-state index contributed by atoms with van der Waals surface area (Å²) in [6.45, 7) is 2.18. The summed E-state index contributed by atoms with van der Waals surface area (Å²) in [5.74, 6) is -2.29. The second-order valence-electron chi connectivity index (χ2n) is 6.48. The Balaban J connectivity index is 2.03. The highest BCUT2D eigenvalue weighted by atomic mass is 32.2. The molecule has 2 N–H and O–H groups in total. The first kappa shape index (κ1) is 20.4. The quantitative estimate of drug-likeness (QED) is 0.675. The van der Waals surface area contributed by atoms with Crippen molar-refractivity contribution in [1.82, 2.24) is 9.62 Å². The Labute approximate surface area is 154 Å². The molecule has 1 aliphatic rings. The lowest BCUT2D eigenvalue weighted by Gasteiger charge is -2.24. The van der Waals surface area contributed by atoms with Crippen molar-refractivity contribution in [3.05, 3.63) is 35.9 Å². The first-order chi connectivity index (χ1) is 12.4. The average molecular weight is 382 g/mol. The SMILES string of the molecule is CCCCS(=O)(=O)N1CCCC1C(=O)NCC(C(=O)O)c1ccccc1. The third kappa shape index (κ3) is 5.04. The third-order valence-electron chi connectivity index (χ3n) is 4.60. The summed E-state index contributed by atoms with van der Waals surface area (Å²) >= 11 is 0. The van der Waals surface area contributed by atoms with E-state index in [-0.39, 0.29) is 12.3 Å². The Hall–Kier alpha value is -1.93. The van der Waals surface area contributed by atoms with Crippen LogP contribution in [0.3, 0.4) is 0 Å². The van der Waals surface area contributed by atoms with Crippen LogP contribution in [0.4, 0.5) is 0 Å². The number of nitrogens with one attached hydrogen (secondary N) is 1. The van der Waals surface area contributed by atoms with Crippen LogP contribution in [0.5, 0.6) is 0 Å². The summed E-state index contributed by atoms with van der Waals surface area (Å²) in [4.78, 5) is 24.0. The molecule has 7 nitrogen and oxygen atoms in total. The number of hydrogen-bond acceptors (Lipinski definition) is 4. The van der Waals surface area contributed by atoms with Crippen LogP contribution in [-0.2, 0) is 19.6 Å². The predicted octanol–water partition coefficient (Wildman–Crippen LogP) is 1.57. The number of carbonyl (C=O) groups excluding carboxylic acids is 1. The number of carboxylic acid groups (broad SMARTS) is 1. The lowest BCUT2D eigenvalue weighted by Crippen LogP contribution is -2.47. The van der Waals surface area contributed by atoms with Gasteiger partial charge in [0, 0.05) is 13.1 Å². The molecule has 2 rings (SSSR count). The van der Waals surface area contributed by atoms with Gasteiger partial charge in [-0.15, -0.1) is 0 Å². The average Bonchev–Trinajstić information content (AvgIpc) is 3.11. The molecule has 26 heavy (non-hydrogen) atoms. The van der Waals surface area contributed by atoms with Crippen LogP contribution in [0.15, 0.2) is 30.3 Å². The Morgan fingerprint density at radius 3 is 2.62 bits per heavy atom. The van der Waals surface area contributed by atoms with Crippen LogP contribution in [0, 0.1) is 0 Å². The summed E-state index contributed by atoms with van der Waals surface area (Å²) in [5.41, 5.74) is 0.596. The van der Waals surface area contributed by atoms with E-state index >= 15 is 0 Å². The molecule has 1 aliphatic heterocycles. The Kier molecular flexibility index (Phi) is 7.16. The highest BCUT2D eigenvalue weighted by Gasteiger charge is 2.38. The molecule has 1 fully saturated rings. The standard InChI is InChI=1S/C18H26N2O5S/c1-2-3-12-26(24,25)20-11-7-10-16(20)17(21)19-13-15(18(22)23)14-8-5-4-6-9-14/h4-6,8-9,15-16H,2-3,7,10-13H2,1H3,(H,19,21)(H,22,23). The number of hydrogen-bond donors (Lipinski definition) is 2. The summed E-state index contributed by atoms with van der Waals surface area (Å²) in [6, 6.07) is 7.92. The van der Waals surface area contributed by atoms with Crippen molar-refractivity contribution in [2.45, 2.75) is 44.6 Å². The Morgan fingerprint density at radius 1 is 1.31 bits per heavy atom. The number of unbranched alkanes of at least 4 members (excludes halogenated alkanes) is 1. The highest BCUT2D eigenvalue weighted by Crippen LogP contribution is 2.23. The van der Waals surface area contributed by atoms with Gasteiger partial charge < -0.3 is 10.4 Å². The molecule has 0 saturated carbocycles. The minimum absolute atomic E-state index is 0.0368. The molecule has 2 atom stereocenters. The topological polar surface area (TPSA) is 104 Å². The molecule has 8 heteroatoms. The fraction of sp³-hybridized carbons (Fsp3) is 0.556. The molecule has 0 radical (unpaired) electrons. The zero-order valence-corrected chi connectivity index (χ0v) is 15.7. The van der Waals surface area contributed by atoms with Gasteiger partial charge >= 0.3 is 5.97 Å². The van der Waals surface area contributed by atoms with E-state index in [1.165, 1.54) is 4.31 Å². The predicted molar refractivity (Wildman–Crippen MR) is 98.3 cm³/mol. The molecule has 1 aromatic rings. The van der Waals surface area contributed by atoms with Gasteiger partial charge in [-0.25, -0.2) is 8.42 Å². The van der Waals surface area contributed by atoms with Crippen LogP contribution >= 0.6 is 0 Å². The monoisotopic (exact) mass is 382 g/mol. The van der Waals surface area contributed by atoms with Crippen molar-refractivity contribution >= 4 is 21.9 Å². The third-order valence-corrected chi connectivity index (χ3v) is 6.56. The van der Waals surface area contributed by atoms with Crippen LogP contribution in [-0.4, -0.2) is 54.6 Å². The van der Waals surface area contributed by atoms with Crippen molar-refractivity contribution in [2.75, 3.05) is 18.8 Å². The minimum atomic E-state index is -3.47. The van der Waals surface area contributed by atoms with E-state index < -0.39 is 33.9 Å². The minimum Gasteiger partial charge on any atom is -0.481 e. The van der Waals surface area contributed by atoms with Crippen LogP contribution in [0.25, 0.3) is 0 Å². The fourth-order valence-corrected chi connectivity index (χ4v) is 5.02. The van der Waals surface area contributed by atoms with Gasteiger partial charge in [0.2, 0.25) is 15.9 Å². The molecular formula is C18H26N2O5S. The first-order valence-corrected chi connectivity index (χ1v) is 10.5. The number of amides is 1. The largest absolute Gasteiger partial charge is 0.481 e. The van der Waals surface area contributed by atoms with E-state index in [4.69, 9.17) is 0 Å². The van der Waals surface area contributed by atoms with Gasteiger partial charge in [0.05, 0.1) is 11.7 Å². The van der Waals surface area contributed by atoms with Crippen molar-refractivity contribution in [3.8, 4) is 0 Å². The van der Waals surface area contributed by atoms with Gasteiger partial charge in [0.1, 0.15) is 6.04 Å². The summed E-state index contributed by atoms with van der Waals surface area (Å²) in [5, 5.41) is 12.1. The molecule has 0 bridgehead atoms. The number of nitrogens with zero attached hydrogens (tertiary/aromatic N) is 1. The van der Waals surface area contributed by atoms with Gasteiger partial charge in [-0.2, -0.15) is 4.31 Å². The molecule has 144 valence electrons. The highest BCUT2D eigenvalue weighted by molar-refractivity contribution is 7.89. The van der Waals surface area contributed by atoms with E-state index in [9.17, 15) is 23.1 Å². The smallest absolute Gasteiger partial charge is 0.312 e. The maximum Gasteiger partial charge on any atom is 0.312 e. The second-order valence-corrected chi connectivity index (χ2v) is 8.53. The van der Waals surface area contributed by atoms with Gasteiger partial charge in [-0.3, -0.25) is 9.59 Å². The Bertz CT molecular complexity index is 720. The number of carboxylic acids is 1. The van der Waals surface area contributed by atoms with Crippen molar-refractivity contribution < 1.29 is 23.1 Å². The summed E-state index contributed by atoms with van der Waals surface area (Å²) in [7, 11) is -3.47. The number of sulfonamides is 1. The second kappa shape index (κ2) is 9.14. The molecule has 2 unspecified atom stereocenters. The summed E-state index contributed by atoms with van der Waals surface area (Å²) in [6.07, 6.45) is 2.41. The van der Waals surface area contributed by atoms with Crippen LogP contribution in [0.1, 0.15) is 44.1 Å². The molecule has 0 spiro atoms. The first-order valence-electron chi connectivity index (χ1n) is 8.91. The number of rotatable bonds is 9. The maximum atomic E-state index is 12.5. The Morgan fingerprint density at radius 2 is 2.00 bits per heavy atom. The maximum absolute atomic E-state index is 12.5. The van der Waals surface area contributed by atoms with E-state index in [0.717, 1.165) is 6.42 Å². The number of benzene rings is 1. The lowest BCUT2D eigenvalue weighted by molar-refractivity contribution is -0.138. The van der Waals surface area contributed by atoms with Crippen molar-refractivity contribution in [2.24, 2.45) is 0 Å².